The molecule has 0 heterocycles. The van der Waals surface area contributed by atoms with Crippen molar-refractivity contribution in [3.63, 3.8) is 0 Å². The highest BCUT2D eigenvalue weighted by molar-refractivity contribution is 8.98. The highest BCUT2D eigenvalue weighted by atomic mass is 33.3. The molecule has 0 aliphatic rings. The summed E-state index contributed by atoms with van der Waals surface area (Å²) in [6.45, 7) is 2.14. The first-order chi connectivity index (χ1) is 3.27. The van der Waals surface area contributed by atoms with Gasteiger partial charge in [0.15, 0.2) is 0 Å². The summed E-state index contributed by atoms with van der Waals surface area (Å²) in [5, 5.41) is 0. The number of hydrogen-bond acceptors (Lipinski definition) is 3. The Bertz CT molecular complexity index is 39.2. The van der Waals surface area contributed by atoms with Gasteiger partial charge in [-0.3, -0.25) is 0 Å². The lowest BCUT2D eigenvalue weighted by atomic mass is 10.6. The van der Waals surface area contributed by atoms with Gasteiger partial charge in [-0.25, -0.2) is 0 Å². The van der Waals surface area contributed by atoms with Crippen LogP contribution in [0.2, 0.25) is 0 Å². The lowest BCUT2D eigenvalue weighted by Crippen LogP contribution is -1.66. The summed E-state index contributed by atoms with van der Waals surface area (Å²) in [7, 11) is 0. The van der Waals surface area contributed by atoms with Crippen LogP contribution in [0.1, 0.15) is 13.3 Å². The Morgan fingerprint density at radius 1 is 1.57 bits per heavy atom. The van der Waals surface area contributed by atoms with E-state index in [1.54, 1.807) is 11.4 Å². The molecule has 0 aromatic heterocycles. The lowest BCUT2D eigenvalue weighted by Gasteiger charge is -2.30. The fourth-order valence-electron chi connectivity index (χ4n) is 0.166. The molecule has 0 aromatic carbocycles. The van der Waals surface area contributed by atoms with Crippen LogP contribution >= 0.6 is 16.9 Å². The van der Waals surface area contributed by atoms with Gasteiger partial charge in [-0.2, -0.15) is 11.4 Å². The van der Waals surface area contributed by atoms with Gasteiger partial charge in [-0.15, -0.1) is 0 Å². The second-order valence-corrected chi connectivity index (χ2v) is 8.31. The third kappa shape index (κ3) is 7.48. The summed E-state index contributed by atoms with van der Waals surface area (Å²) >= 11 is 11.3. The van der Waals surface area contributed by atoms with E-state index in [9.17, 15) is 0 Å². The Balaban J connectivity index is 2.68. The zero-order valence-corrected chi connectivity index (χ0v) is 7.43. The summed E-state index contributed by atoms with van der Waals surface area (Å²) < 4.78 is 0. The first-order valence-corrected chi connectivity index (χ1v) is 7.00. The third-order valence-electron chi connectivity index (χ3n) is 0.401. The molecule has 0 saturated carbocycles. The smallest absolute Gasteiger partial charge is 0.00658 e. The number of rotatable bonds is 3. The quantitative estimate of drug-likeness (QED) is 0.471. The summed E-state index contributed by atoms with van der Waals surface area (Å²) in [5.41, 5.74) is -0.523. The van der Waals surface area contributed by atoms with Gasteiger partial charge in [0.25, 0.3) is 0 Å². The minimum atomic E-state index is -0.523. The second-order valence-electron chi connectivity index (χ2n) is 1.06. The van der Waals surface area contributed by atoms with Crippen LogP contribution in [0.15, 0.2) is 0 Å². The van der Waals surface area contributed by atoms with Gasteiger partial charge in [-0.05, 0) is 12.2 Å². The molecule has 4 heteroatoms. The highest BCUT2D eigenvalue weighted by Gasteiger charge is 1.72. The molecule has 0 radical (unpaired) electrons. The monoisotopic (exact) mass is 170 g/mol. The molecule has 0 unspecified atom stereocenters. The normalized spacial score (nSPS) is 10.3. The van der Waals surface area contributed by atoms with E-state index in [1.165, 1.54) is 6.42 Å². The molecule has 0 aliphatic carbocycles. The Morgan fingerprint density at radius 2 is 2.14 bits per heavy atom. The van der Waals surface area contributed by atoms with Gasteiger partial charge in [0.1, 0.15) is 0 Å². The number of hydrogen-bond donors (Lipinski definition) is 0. The lowest BCUT2D eigenvalue weighted by molar-refractivity contribution is 1.11. The van der Waals surface area contributed by atoms with Gasteiger partial charge in [0, 0.05) is 0 Å². The maximum Gasteiger partial charge on any atom is -0.00658 e. The molecule has 0 amide bonds. The first-order valence-electron chi connectivity index (χ1n) is 2.04. The van der Waals surface area contributed by atoms with E-state index in [2.05, 4.69) is 6.92 Å². The van der Waals surface area contributed by atoms with E-state index in [0.717, 1.165) is 5.75 Å². The minimum Gasteiger partial charge on any atom is -0.773 e. The van der Waals surface area contributed by atoms with Crippen LogP contribution in [-0.2, 0) is 24.5 Å². The molecule has 0 rings (SSSR count). The molecule has 0 fully saturated rings. The van der Waals surface area contributed by atoms with Crippen LogP contribution in [0.3, 0.4) is 0 Å². The highest BCUT2D eigenvalue weighted by Crippen LogP contribution is 2.44. The van der Waals surface area contributed by atoms with Crippen molar-refractivity contribution in [1.29, 1.82) is 0 Å². The third-order valence-corrected chi connectivity index (χ3v) is 4.28. The van der Waals surface area contributed by atoms with Crippen LogP contribution in [0, 0.1) is 0 Å². The Hall–Kier alpha value is 1.48. The van der Waals surface area contributed by atoms with Crippen molar-refractivity contribution in [2.75, 3.05) is 5.75 Å². The van der Waals surface area contributed by atoms with E-state index >= 15 is 0 Å². The molecular formula is C3H7PS3-2. The van der Waals surface area contributed by atoms with Gasteiger partial charge >= 0.3 is 0 Å². The van der Waals surface area contributed by atoms with Crippen molar-refractivity contribution in [1.82, 2.24) is 0 Å². The fraction of sp³-hybridized carbons (Fsp3) is 1.00. The molecular weight excluding hydrogens is 163 g/mol. The van der Waals surface area contributed by atoms with Crippen LogP contribution in [0.4, 0.5) is 0 Å². The van der Waals surface area contributed by atoms with Gasteiger partial charge in [0.05, 0.1) is 0 Å². The minimum absolute atomic E-state index is 0.523. The molecule has 0 atom stereocenters. The zero-order chi connectivity index (χ0) is 5.70. The van der Waals surface area contributed by atoms with Crippen LogP contribution in [-0.4, -0.2) is 5.75 Å². The average Bonchev–Trinajstić information content (AvgIpc) is 1.61. The van der Waals surface area contributed by atoms with Gasteiger partial charge in [-0.1, -0.05) is 6.92 Å². The molecule has 0 spiro atoms. The molecule has 0 bridgehead atoms. The molecule has 7 heavy (non-hydrogen) atoms. The molecule has 0 N–H and O–H groups in total. The summed E-state index contributed by atoms with van der Waals surface area (Å²) in [6.07, 6.45) is 1.19. The van der Waals surface area contributed by atoms with E-state index < -0.39 is 5.53 Å². The standard InChI is InChI=1S/C3H7PS3/c1-2-3-7-4(5)6/h2-3H2,1H3/q-2. The SMILES string of the molecule is CCCSP([S-])[S-]. The van der Waals surface area contributed by atoms with Crippen LogP contribution < -0.4 is 0 Å². The van der Waals surface area contributed by atoms with Gasteiger partial charge < -0.3 is 30.0 Å². The maximum atomic E-state index is 4.79. The predicted molar refractivity (Wildman–Crippen MR) is 44.4 cm³/mol. The molecule has 0 aliphatic heterocycles. The van der Waals surface area contributed by atoms with Crippen molar-refractivity contribution >= 4 is 41.4 Å². The van der Waals surface area contributed by atoms with Crippen molar-refractivity contribution in [3.8, 4) is 0 Å². The van der Waals surface area contributed by atoms with Crippen LogP contribution in [0.5, 0.6) is 0 Å². The zero-order valence-electron chi connectivity index (χ0n) is 4.09. The average molecular weight is 170 g/mol. The van der Waals surface area contributed by atoms with Crippen molar-refractivity contribution in [2.24, 2.45) is 0 Å². The molecule has 0 saturated heterocycles. The molecule has 0 aromatic rings. The largest absolute Gasteiger partial charge is 0.773 e. The van der Waals surface area contributed by atoms with E-state index in [0.29, 0.717) is 0 Å². The van der Waals surface area contributed by atoms with E-state index in [4.69, 9.17) is 24.5 Å². The van der Waals surface area contributed by atoms with E-state index in [-0.39, 0.29) is 0 Å². The summed E-state index contributed by atoms with van der Waals surface area (Å²) in [4.78, 5) is 0. The predicted octanol–water partition coefficient (Wildman–Crippen LogP) is 2.45. The molecule has 44 valence electrons. The Labute approximate surface area is 60.6 Å². The van der Waals surface area contributed by atoms with E-state index in [1.807, 2.05) is 0 Å². The van der Waals surface area contributed by atoms with Crippen molar-refractivity contribution in [3.05, 3.63) is 0 Å². The maximum absolute atomic E-state index is 4.79. The van der Waals surface area contributed by atoms with Crippen molar-refractivity contribution < 1.29 is 0 Å². The Morgan fingerprint density at radius 3 is 2.29 bits per heavy atom. The first kappa shape index (κ1) is 8.48. The topological polar surface area (TPSA) is 0 Å². The fourth-order valence-corrected chi connectivity index (χ4v) is 2.83. The van der Waals surface area contributed by atoms with Crippen LogP contribution in [0.25, 0.3) is 0 Å². The Kier molecular flexibility index (Phi) is 6.80. The summed E-state index contributed by atoms with van der Waals surface area (Å²) in [6, 6.07) is 0. The molecule has 0 nitrogen and oxygen atoms in total. The summed E-state index contributed by atoms with van der Waals surface area (Å²) in [5.74, 6) is 1.14. The van der Waals surface area contributed by atoms with Crippen molar-refractivity contribution in [2.45, 2.75) is 13.3 Å². The van der Waals surface area contributed by atoms with Gasteiger partial charge in [0.2, 0.25) is 0 Å². The second kappa shape index (κ2) is 5.61.